The number of fused-ring (bicyclic) bond motifs is 3. The van der Waals surface area contributed by atoms with Crippen LogP contribution in [-0.2, 0) is 0 Å². The van der Waals surface area contributed by atoms with Gasteiger partial charge >= 0.3 is 0 Å². The molecule has 0 spiro atoms. The van der Waals surface area contributed by atoms with Gasteiger partial charge in [-0.2, -0.15) is 0 Å². The lowest BCUT2D eigenvalue weighted by Gasteiger charge is -2.27. The van der Waals surface area contributed by atoms with Crippen LogP contribution in [0.2, 0.25) is 0 Å². The van der Waals surface area contributed by atoms with Crippen LogP contribution in [0.25, 0.3) is 0 Å². The van der Waals surface area contributed by atoms with Gasteiger partial charge in [-0.25, -0.2) is 4.99 Å². The molecule has 0 saturated carbocycles. The molecule has 7 nitrogen and oxygen atoms in total. The average molecular weight is 400 g/mol. The second-order valence-corrected chi connectivity index (χ2v) is 6.35. The van der Waals surface area contributed by atoms with Crippen molar-refractivity contribution in [2.45, 2.75) is 0 Å². The molecule has 3 heterocycles. The van der Waals surface area contributed by atoms with Crippen LogP contribution in [0.5, 0.6) is 5.75 Å². The van der Waals surface area contributed by atoms with Crippen LogP contribution in [-0.4, -0.2) is 47.8 Å². The van der Waals surface area contributed by atoms with Crippen molar-refractivity contribution < 1.29 is 9.53 Å². The highest BCUT2D eigenvalue weighted by atomic mass is 79.9. The summed E-state index contributed by atoms with van der Waals surface area (Å²) in [6.07, 6.45) is 3.15. The third-order valence-electron chi connectivity index (χ3n) is 3.98. The number of hydrogen-bond acceptors (Lipinski definition) is 6. The summed E-state index contributed by atoms with van der Waals surface area (Å²) in [5.41, 5.74) is 2.09. The molecule has 1 aromatic carbocycles. The maximum atomic E-state index is 12.5. The third kappa shape index (κ3) is 2.78. The van der Waals surface area contributed by atoms with Crippen molar-refractivity contribution in [1.82, 2.24) is 15.2 Å². The quantitative estimate of drug-likeness (QED) is 0.840. The van der Waals surface area contributed by atoms with E-state index in [0.717, 1.165) is 15.9 Å². The molecule has 1 aromatic heterocycles. The van der Waals surface area contributed by atoms with Crippen LogP contribution >= 0.6 is 15.9 Å². The molecule has 2 aliphatic heterocycles. The zero-order valence-corrected chi connectivity index (χ0v) is 14.9. The molecule has 2 aromatic rings. The van der Waals surface area contributed by atoms with Crippen molar-refractivity contribution in [3.05, 3.63) is 52.3 Å². The second-order valence-electron chi connectivity index (χ2n) is 5.49. The first kappa shape index (κ1) is 15.8. The molecular formula is C17H14BrN5O2. The first-order valence-electron chi connectivity index (χ1n) is 7.67. The van der Waals surface area contributed by atoms with E-state index in [0.29, 0.717) is 36.0 Å². The molecule has 2 aliphatic rings. The van der Waals surface area contributed by atoms with Gasteiger partial charge in [0.15, 0.2) is 0 Å². The molecule has 0 atom stereocenters. The number of methoxy groups -OCH3 is 1. The molecule has 1 amide bonds. The first-order valence-corrected chi connectivity index (χ1v) is 8.46. The number of guanidine groups is 1. The van der Waals surface area contributed by atoms with Crippen molar-refractivity contribution in [3.63, 3.8) is 0 Å². The summed E-state index contributed by atoms with van der Waals surface area (Å²) in [6, 6.07) is 7.19. The number of ether oxygens (including phenoxy) is 1. The van der Waals surface area contributed by atoms with E-state index in [1.54, 1.807) is 25.4 Å². The summed E-state index contributed by atoms with van der Waals surface area (Å²) in [5, 5.41) is 2.86. The molecule has 1 N–H and O–H groups in total. The number of carbonyl (C=O) groups is 1. The number of aliphatic imine (C=N–C) groups is 2. The Labute approximate surface area is 152 Å². The van der Waals surface area contributed by atoms with Crippen LogP contribution in [0.1, 0.15) is 15.9 Å². The number of pyridine rings is 1. The molecule has 0 bridgehead atoms. The van der Waals surface area contributed by atoms with Gasteiger partial charge in [0.25, 0.3) is 5.91 Å². The second kappa shape index (κ2) is 6.29. The number of amides is 1. The number of carbonyl (C=O) groups excluding carboxylic acids is 1. The van der Waals surface area contributed by atoms with E-state index >= 15 is 0 Å². The summed E-state index contributed by atoms with van der Waals surface area (Å²) >= 11 is 3.49. The van der Waals surface area contributed by atoms with Crippen molar-refractivity contribution >= 4 is 39.3 Å². The Bertz CT molecular complexity index is 911. The number of benzene rings is 1. The van der Waals surface area contributed by atoms with Crippen molar-refractivity contribution in [2.24, 2.45) is 9.98 Å². The van der Waals surface area contributed by atoms with E-state index in [1.807, 2.05) is 17.0 Å². The Morgan fingerprint density at radius 3 is 3.04 bits per heavy atom. The van der Waals surface area contributed by atoms with Crippen LogP contribution in [0.3, 0.4) is 0 Å². The molecule has 0 aliphatic carbocycles. The van der Waals surface area contributed by atoms with Gasteiger partial charge in [0.05, 0.1) is 29.4 Å². The number of rotatable bonds is 2. The lowest BCUT2D eigenvalue weighted by Crippen LogP contribution is -2.47. The number of aromatic nitrogens is 1. The fourth-order valence-electron chi connectivity index (χ4n) is 2.80. The van der Waals surface area contributed by atoms with E-state index in [2.05, 4.69) is 36.2 Å². The van der Waals surface area contributed by atoms with E-state index in [-0.39, 0.29) is 5.91 Å². The molecule has 25 heavy (non-hydrogen) atoms. The lowest BCUT2D eigenvalue weighted by molar-refractivity contribution is 0.0973. The monoisotopic (exact) mass is 399 g/mol. The Morgan fingerprint density at radius 2 is 2.28 bits per heavy atom. The normalized spacial score (nSPS) is 15.0. The molecule has 0 radical (unpaired) electrons. The molecule has 4 rings (SSSR count). The Hall–Kier alpha value is -2.74. The van der Waals surface area contributed by atoms with E-state index in [4.69, 9.17) is 4.74 Å². The number of halogens is 1. The van der Waals surface area contributed by atoms with Crippen LogP contribution in [0.15, 0.2) is 51.1 Å². The first-order chi connectivity index (χ1) is 12.2. The van der Waals surface area contributed by atoms with Gasteiger partial charge < -0.3 is 4.74 Å². The van der Waals surface area contributed by atoms with E-state index < -0.39 is 0 Å². The molecule has 0 unspecified atom stereocenters. The molecular weight excluding hydrogens is 386 g/mol. The van der Waals surface area contributed by atoms with Gasteiger partial charge in [0.2, 0.25) is 5.96 Å². The van der Waals surface area contributed by atoms with Crippen molar-refractivity contribution in [2.75, 3.05) is 20.2 Å². The van der Waals surface area contributed by atoms with Gasteiger partial charge in [0, 0.05) is 30.6 Å². The molecule has 0 fully saturated rings. The van der Waals surface area contributed by atoms with E-state index in [1.165, 1.54) is 6.20 Å². The lowest BCUT2D eigenvalue weighted by atomic mass is 10.1. The summed E-state index contributed by atoms with van der Waals surface area (Å²) in [4.78, 5) is 27.5. The summed E-state index contributed by atoms with van der Waals surface area (Å²) in [7, 11) is 1.60. The van der Waals surface area contributed by atoms with Gasteiger partial charge in [-0.15, -0.1) is 0 Å². The largest absolute Gasteiger partial charge is 0.495 e. The van der Waals surface area contributed by atoms with Crippen LogP contribution in [0, 0.1) is 0 Å². The van der Waals surface area contributed by atoms with Crippen molar-refractivity contribution in [1.29, 1.82) is 0 Å². The highest BCUT2D eigenvalue weighted by Crippen LogP contribution is 2.36. The number of amidine groups is 1. The minimum Gasteiger partial charge on any atom is -0.495 e. The number of nitrogens with one attached hydrogen (secondary N) is 1. The molecule has 0 saturated heterocycles. The Morgan fingerprint density at radius 1 is 1.40 bits per heavy atom. The highest BCUT2D eigenvalue weighted by Gasteiger charge is 2.31. The fraction of sp³-hybridized carbons (Fsp3) is 0.176. The minimum atomic E-state index is -0.259. The summed E-state index contributed by atoms with van der Waals surface area (Å²) < 4.78 is 6.18. The van der Waals surface area contributed by atoms with Gasteiger partial charge in [-0.1, -0.05) is 0 Å². The van der Waals surface area contributed by atoms with Crippen LogP contribution in [0.4, 0.5) is 5.69 Å². The summed E-state index contributed by atoms with van der Waals surface area (Å²) in [6.45, 7) is 1.32. The zero-order valence-electron chi connectivity index (χ0n) is 13.4. The number of hydrogen-bond donors (Lipinski definition) is 1. The fourth-order valence-corrected chi connectivity index (χ4v) is 3.30. The highest BCUT2D eigenvalue weighted by molar-refractivity contribution is 9.10. The van der Waals surface area contributed by atoms with Gasteiger partial charge in [0.1, 0.15) is 11.6 Å². The summed E-state index contributed by atoms with van der Waals surface area (Å²) in [5.74, 6) is 1.68. The minimum absolute atomic E-state index is 0.259. The zero-order chi connectivity index (χ0) is 17.4. The topological polar surface area (TPSA) is 79.2 Å². The maximum absolute atomic E-state index is 12.5. The van der Waals surface area contributed by atoms with Gasteiger partial charge in [-0.05, 0) is 34.1 Å². The predicted molar refractivity (Wildman–Crippen MR) is 97.6 cm³/mol. The smallest absolute Gasteiger partial charge is 0.259 e. The van der Waals surface area contributed by atoms with Gasteiger partial charge in [-0.3, -0.25) is 25.0 Å². The average Bonchev–Trinajstić information content (AvgIpc) is 3.13. The Kier molecular flexibility index (Phi) is 3.96. The third-order valence-corrected chi connectivity index (χ3v) is 4.60. The number of nitrogens with zero attached hydrogens (tertiary/aromatic N) is 4. The predicted octanol–water partition coefficient (Wildman–Crippen LogP) is 2.35. The Balaban J connectivity index is 1.73. The van der Waals surface area contributed by atoms with Crippen molar-refractivity contribution in [3.8, 4) is 5.75 Å². The molecule has 126 valence electrons. The maximum Gasteiger partial charge on any atom is 0.259 e. The standard InChI is InChI=1S/C17H14BrN5O2/c1-25-14-8-13-11(7-12(14)18)15-20-5-6-23(15)17(21-13)22-16(24)10-3-2-4-19-9-10/h2-4,7-9H,5-6H2,1H3,(H,21,22,24). The molecule has 8 heteroatoms. The SMILES string of the molecule is COc1cc2c(cc1Br)C1=NCCN1C(NC(=O)c1cccnc1)=N2. The van der Waals surface area contributed by atoms with E-state index in [9.17, 15) is 4.79 Å². The van der Waals surface area contributed by atoms with Crippen LogP contribution < -0.4 is 10.1 Å².